The molecule has 4 heterocycles. The number of allylic oxidation sites excluding steroid dienone is 1. The van der Waals surface area contributed by atoms with Gasteiger partial charge in [0.1, 0.15) is 11.8 Å². The second-order valence-corrected chi connectivity index (χ2v) is 16.4. The van der Waals surface area contributed by atoms with Crippen molar-refractivity contribution in [3.8, 4) is 6.07 Å². The first-order valence-corrected chi connectivity index (χ1v) is 21.3. The number of nitrogens with zero attached hydrogens (tertiary/aromatic N) is 4. The number of nitrogens with one attached hydrogen (secondary N) is 5. The number of nitriles is 1. The number of aliphatic imine (C=N–C) groups is 1. The third-order valence-corrected chi connectivity index (χ3v) is 11.3. The van der Waals surface area contributed by atoms with E-state index in [-0.39, 0.29) is 64.2 Å². The van der Waals surface area contributed by atoms with E-state index >= 15 is 0 Å². The standard InChI is InChI=1S/C25H30N6O2.C16H21FN3O.C5H7NO2.Na/c1-25(2,33)20-12-21(28)17(15-29-18-6-4-3-5-7-18)11-23(20)31-24(32)22-9-8-19(30-22)10-16(13-26)14-27;17-16-11-15(2-1-13(16)12-21)19-7-3-14(4-8-19)20-9-5-18-6-10-20;7-4-2-1-3-5(8)6-4;/h8-13,15,18,26,30,33H,3-7,28H2,1-2H3,(H,31,32);1-2,11,14,18H,3-10H2;1-3H2,(H,6,7,8);/q;-1;;+1/b16-10+,26-13?,29-15?;;;. The summed E-state index contributed by atoms with van der Waals surface area (Å²) in [7, 11) is 0. The monoisotopic (exact) mass is 872 g/mol. The zero-order chi connectivity index (χ0) is 44.6. The summed E-state index contributed by atoms with van der Waals surface area (Å²) in [5, 5.41) is 35.3. The van der Waals surface area contributed by atoms with Crippen molar-refractivity contribution in [3.63, 3.8) is 0 Å². The number of rotatable bonds is 10. The molecule has 1 saturated carbocycles. The molecule has 1 aliphatic carbocycles. The van der Waals surface area contributed by atoms with Crippen molar-refractivity contribution < 1.29 is 58.2 Å². The first kappa shape index (κ1) is 50.6. The minimum absolute atomic E-state index is 0. The predicted molar refractivity (Wildman–Crippen MR) is 240 cm³/mol. The van der Waals surface area contributed by atoms with Gasteiger partial charge >= 0.3 is 29.6 Å². The maximum Gasteiger partial charge on any atom is 1.00 e. The number of anilines is 3. The number of hydrogen-bond donors (Lipinski definition) is 7. The van der Waals surface area contributed by atoms with E-state index in [2.05, 4.69) is 30.7 Å². The third kappa shape index (κ3) is 15.3. The van der Waals surface area contributed by atoms with Crippen LogP contribution in [-0.4, -0.2) is 103 Å². The van der Waals surface area contributed by atoms with Crippen LogP contribution in [0.4, 0.5) is 21.5 Å². The van der Waals surface area contributed by atoms with Crippen molar-refractivity contribution >= 4 is 59.6 Å². The Morgan fingerprint density at radius 1 is 1.02 bits per heavy atom. The number of hydrogen-bond acceptors (Lipinski definition) is 12. The zero-order valence-corrected chi connectivity index (χ0v) is 38.6. The van der Waals surface area contributed by atoms with E-state index in [0.29, 0.717) is 53.5 Å². The number of imide groups is 1. The maximum absolute atomic E-state index is 13.7. The van der Waals surface area contributed by atoms with E-state index in [1.54, 1.807) is 50.6 Å². The Morgan fingerprint density at radius 3 is 2.27 bits per heavy atom. The predicted octanol–water partition coefficient (Wildman–Crippen LogP) is 2.36. The Morgan fingerprint density at radius 2 is 1.70 bits per heavy atom. The van der Waals surface area contributed by atoms with E-state index in [9.17, 15) is 28.7 Å². The molecule has 0 bridgehead atoms. The van der Waals surface area contributed by atoms with Gasteiger partial charge in [0.25, 0.3) is 5.91 Å². The van der Waals surface area contributed by atoms with Gasteiger partial charge in [-0.2, -0.15) is 11.3 Å². The van der Waals surface area contributed by atoms with Gasteiger partial charge in [-0.15, -0.1) is 5.56 Å². The molecular weight excluding hydrogens is 815 g/mol. The molecule has 0 spiro atoms. The first-order valence-electron chi connectivity index (χ1n) is 21.3. The summed E-state index contributed by atoms with van der Waals surface area (Å²) >= 11 is 0. The smallest absolute Gasteiger partial charge is 0.398 e. The van der Waals surface area contributed by atoms with Gasteiger partial charge in [-0.3, -0.25) is 34.0 Å². The molecule has 8 N–H and O–H groups in total. The molecule has 3 amide bonds. The van der Waals surface area contributed by atoms with Gasteiger partial charge < -0.3 is 41.6 Å². The second-order valence-electron chi connectivity index (χ2n) is 16.4. The molecule has 2 aromatic carbocycles. The number of H-pyrrole nitrogens is 1. The molecule has 330 valence electrons. The number of aromatic nitrogens is 1. The van der Waals surface area contributed by atoms with Crippen LogP contribution in [0.2, 0.25) is 0 Å². The molecule has 3 aromatic rings. The molecule has 7 rings (SSSR count). The molecular formula is C46H58FN10NaO5. The van der Waals surface area contributed by atoms with Crippen molar-refractivity contribution in [1.29, 1.82) is 10.7 Å². The number of piperidine rings is 2. The fraction of sp³-hybridized carbons (Fsp3) is 0.457. The normalized spacial score (nSPS) is 17.8. The zero-order valence-electron chi connectivity index (χ0n) is 36.6. The number of halogens is 1. The van der Waals surface area contributed by atoms with Crippen LogP contribution in [0.15, 0.2) is 53.0 Å². The van der Waals surface area contributed by atoms with Crippen LogP contribution in [0.1, 0.15) is 111 Å². The average molecular weight is 873 g/mol. The number of nitrogens with two attached hydrogens (primary N) is 1. The molecule has 3 aliphatic heterocycles. The van der Waals surface area contributed by atoms with Gasteiger partial charge in [0.15, 0.2) is 0 Å². The Kier molecular flexibility index (Phi) is 19.9. The molecule has 0 atom stereocenters. The molecule has 4 fully saturated rings. The Hall–Kier alpha value is -5.02. The molecule has 15 nitrogen and oxygen atoms in total. The van der Waals surface area contributed by atoms with Crippen LogP contribution in [0, 0.1) is 22.6 Å². The summed E-state index contributed by atoms with van der Waals surface area (Å²) in [5.41, 5.74) is 8.95. The van der Waals surface area contributed by atoms with Crippen molar-refractivity contribution in [3.05, 3.63) is 81.9 Å². The molecule has 0 radical (unpaired) electrons. The average Bonchev–Trinajstić information content (AvgIpc) is 3.75. The minimum atomic E-state index is -1.23. The van der Waals surface area contributed by atoms with Crippen LogP contribution >= 0.6 is 0 Å². The number of aliphatic hydroxyl groups is 1. The van der Waals surface area contributed by atoms with Gasteiger partial charge in [0.05, 0.1) is 17.5 Å². The van der Waals surface area contributed by atoms with Crippen LogP contribution < -0.4 is 56.1 Å². The van der Waals surface area contributed by atoms with Crippen molar-refractivity contribution in [2.75, 3.05) is 55.2 Å². The number of carbonyl (C=O) groups excluding carboxylic acids is 4. The Balaban J connectivity index is 0.000000245. The molecule has 0 unspecified atom stereocenters. The first-order chi connectivity index (χ1) is 29.8. The van der Waals surface area contributed by atoms with E-state index in [0.717, 1.165) is 76.9 Å². The van der Waals surface area contributed by atoms with Crippen LogP contribution in [0.3, 0.4) is 0 Å². The number of aromatic amines is 1. The van der Waals surface area contributed by atoms with Crippen molar-refractivity contribution in [2.24, 2.45) is 4.99 Å². The van der Waals surface area contributed by atoms with Crippen LogP contribution in [0.5, 0.6) is 0 Å². The Bertz CT molecular complexity index is 2140. The number of carbonyl (C=O) groups is 3. The van der Waals surface area contributed by atoms with Gasteiger partial charge in [-0.25, -0.2) is 0 Å². The van der Waals surface area contributed by atoms with Gasteiger partial charge in [-0.05, 0) is 76.3 Å². The topological polar surface area (TPSA) is 233 Å². The van der Waals surface area contributed by atoms with Gasteiger partial charge in [0.2, 0.25) is 11.8 Å². The summed E-state index contributed by atoms with van der Waals surface area (Å²) < 4.78 is 13.7. The van der Waals surface area contributed by atoms with Crippen molar-refractivity contribution in [2.45, 2.75) is 95.7 Å². The number of nitrogen functional groups attached to an aromatic ring is 1. The molecule has 3 saturated heterocycles. The van der Waals surface area contributed by atoms with E-state index in [4.69, 9.17) is 21.4 Å². The van der Waals surface area contributed by atoms with E-state index in [1.165, 1.54) is 37.5 Å². The second kappa shape index (κ2) is 24.7. The summed E-state index contributed by atoms with van der Waals surface area (Å²) in [6.07, 6.45) is 15.5. The largest absolute Gasteiger partial charge is 1.00 e. The molecule has 63 heavy (non-hydrogen) atoms. The molecule has 17 heteroatoms. The molecule has 4 aliphatic rings. The molecule has 1 aromatic heterocycles. The fourth-order valence-corrected chi connectivity index (χ4v) is 7.87. The number of benzene rings is 2. The van der Waals surface area contributed by atoms with Crippen LogP contribution in [0.25, 0.3) is 6.08 Å². The minimum Gasteiger partial charge on any atom is -0.398 e. The van der Waals surface area contributed by atoms with Crippen LogP contribution in [-0.2, 0) is 20.0 Å². The van der Waals surface area contributed by atoms with E-state index in [1.807, 2.05) is 12.1 Å². The quantitative estimate of drug-likeness (QED) is 0.0393. The maximum atomic E-state index is 13.7. The summed E-state index contributed by atoms with van der Waals surface area (Å²) in [4.78, 5) is 56.5. The van der Waals surface area contributed by atoms with Gasteiger partial charge in [-0.1, -0.05) is 31.4 Å². The summed E-state index contributed by atoms with van der Waals surface area (Å²) in [5.74, 6) is -1.16. The third-order valence-electron chi connectivity index (χ3n) is 11.3. The summed E-state index contributed by atoms with van der Waals surface area (Å²) in [6, 6.07) is 14.3. The Labute approximate surface area is 391 Å². The van der Waals surface area contributed by atoms with E-state index < -0.39 is 17.3 Å². The van der Waals surface area contributed by atoms with Crippen molar-refractivity contribution in [1.82, 2.24) is 20.5 Å². The number of amides is 3. The number of piperazine rings is 1. The fourth-order valence-electron chi connectivity index (χ4n) is 7.87. The van der Waals surface area contributed by atoms with Gasteiger partial charge in [0, 0.05) is 116 Å². The summed E-state index contributed by atoms with van der Waals surface area (Å²) in [6.45, 7) is 9.56. The SMILES string of the molecule is CC(C)(O)c1cc(N)c(C=NC2CCCCC2)cc1NC(=O)c1ccc(/C=C(/C#N)C=N)[nH]1.O=C1CCCC(=O)N1.O=[C-]c1ccc(N2CCC(N3CCNCC3)CC2)cc1F.[Na+].